The van der Waals surface area contributed by atoms with Gasteiger partial charge in [-0.2, -0.15) is 0 Å². The molecule has 0 aromatic heterocycles. The molecule has 1 N–H and O–H groups in total. The van der Waals surface area contributed by atoms with Gasteiger partial charge in [-0.15, -0.1) is 0 Å². The van der Waals surface area contributed by atoms with Crippen LogP contribution in [0.4, 0.5) is 0 Å². The van der Waals surface area contributed by atoms with Gasteiger partial charge in [0.2, 0.25) is 0 Å². The number of nitrogens with zero attached hydrogens (tertiary/aromatic N) is 1. The SMILES string of the molecule is COCCN(CC(O)c1ccccc1C)C(C)C1CC1. The third-order valence-electron chi connectivity index (χ3n) is 4.42. The molecule has 1 aromatic rings. The molecular formula is C17H27NO2. The van der Waals surface area contributed by atoms with E-state index < -0.39 is 6.10 Å². The lowest BCUT2D eigenvalue weighted by molar-refractivity contribution is 0.0618. The maximum Gasteiger partial charge on any atom is 0.0919 e. The molecule has 0 aliphatic heterocycles. The van der Waals surface area contributed by atoms with Crippen LogP contribution in [0, 0.1) is 12.8 Å². The molecule has 0 bridgehead atoms. The summed E-state index contributed by atoms with van der Waals surface area (Å²) in [7, 11) is 1.73. The summed E-state index contributed by atoms with van der Waals surface area (Å²) in [6.07, 6.45) is 2.23. The zero-order valence-electron chi connectivity index (χ0n) is 12.9. The highest BCUT2D eigenvalue weighted by molar-refractivity contribution is 5.27. The standard InChI is InChI=1S/C17H27NO2/c1-13-6-4-5-7-16(13)17(19)12-18(10-11-20-3)14(2)15-8-9-15/h4-7,14-15,17,19H,8-12H2,1-3H3. The topological polar surface area (TPSA) is 32.7 Å². The predicted octanol–water partition coefficient (Wildman–Crippen LogP) is 2.78. The highest BCUT2D eigenvalue weighted by Gasteiger charge is 2.32. The molecule has 112 valence electrons. The van der Waals surface area contributed by atoms with Crippen LogP contribution in [0.25, 0.3) is 0 Å². The van der Waals surface area contributed by atoms with E-state index in [-0.39, 0.29) is 0 Å². The molecule has 20 heavy (non-hydrogen) atoms. The molecular weight excluding hydrogens is 250 g/mol. The summed E-state index contributed by atoms with van der Waals surface area (Å²) in [6, 6.07) is 8.62. The van der Waals surface area contributed by atoms with Gasteiger partial charge in [0.25, 0.3) is 0 Å². The molecule has 0 amide bonds. The lowest BCUT2D eigenvalue weighted by Gasteiger charge is -2.31. The van der Waals surface area contributed by atoms with Gasteiger partial charge in [0.1, 0.15) is 0 Å². The molecule has 0 saturated heterocycles. The maximum atomic E-state index is 10.5. The molecule has 3 nitrogen and oxygen atoms in total. The first-order chi connectivity index (χ1) is 9.63. The van der Waals surface area contributed by atoms with Crippen LogP contribution >= 0.6 is 0 Å². The highest BCUT2D eigenvalue weighted by Crippen LogP contribution is 2.35. The lowest BCUT2D eigenvalue weighted by atomic mass is 10.0. The minimum atomic E-state index is -0.422. The largest absolute Gasteiger partial charge is 0.387 e. The van der Waals surface area contributed by atoms with Crippen molar-refractivity contribution in [3.05, 3.63) is 35.4 Å². The van der Waals surface area contributed by atoms with Crippen LogP contribution in [-0.4, -0.2) is 42.9 Å². The second-order valence-electron chi connectivity index (χ2n) is 5.94. The van der Waals surface area contributed by atoms with Gasteiger partial charge in [-0.3, -0.25) is 4.90 Å². The molecule has 0 radical (unpaired) electrons. The third-order valence-corrected chi connectivity index (χ3v) is 4.42. The van der Waals surface area contributed by atoms with Gasteiger partial charge in [0.05, 0.1) is 12.7 Å². The number of hydrogen-bond acceptors (Lipinski definition) is 3. The van der Waals surface area contributed by atoms with Crippen molar-refractivity contribution in [1.29, 1.82) is 0 Å². The summed E-state index contributed by atoms with van der Waals surface area (Å²) in [4.78, 5) is 2.37. The average Bonchev–Trinajstić information content (AvgIpc) is 3.27. The Morgan fingerprint density at radius 3 is 2.65 bits per heavy atom. The van der Waals surface area contributed by atoms with Gasteiger partial charge in [-0.05, 0) is 43.7 Å². The van der Waals surface area contributed by atoms with Crippen molar-refractivity contribution in [1.82, 2.24) is 4.90 Å². The number of aryl methyl sites for hydroxylation is 1. The molecule has 2 atom stereocenters. The summed E-state index contributed by atoms with van der Waals surface area (Å²) in [5, 5.41) is 10.5. The van der Waals surface area contributed by atoms with E-state index >= 15 is 0 Å². The number of aliphatic hydroxyl groups is 1. The Balaban J connectivity index is 2.00. The van der Waals surface area contributed by atoms with Crippen LogP contribution in [0.2, 0.25) is 0 Å². The fraction of sp³-hybridized carbons (Fsp3) is 0.647. The fourth-order valence-corrected chi connectivity index (χ4v) is 2.83. The Hall–Kier alpha value is -0.900. The number of ether oxygens (including phenoxy) is 1. The predicted molar refractivity (Wildman–Crippen MR) is 81.8 cm³/mol. The molecule has 1 saturated carbocycles. The van der Waals surface area contributed by atoms with Crippen molar-refractivity contribution < 1.29 is 9.84 Å². The van der Waals surface area contributed by atoms with Crippen molar-refractivity contribution in [2.24, 2.45) is 5.92 Å². The fourth-order valence-electron chi connectivity index (χ4n) is 2.83. The first kappa shape index (κ1) is 15.5. The van der Waals surface area contributed by atoms with E-state index in [0.29, 0.717) is 12.6 Å². The number of hydrogen-bond donors (Lipinski definition) is 1. The van der Waals surface area contributed by atoms with Gasteiger partial charge in [-0.1, -0.05) is 24.3 Å². The van der Waals surface area contributed by atoms with Gasteiger partial charge in [-0.25, -0.2) is 0 Å². The van der Waals surface area contributed by atoms with Crippen LogP contribution in [0.3, 0.4) is 0 Å². The molecule has 2 unspecified atom stereocenters. The molecule has 1 fully saturated rings. The monoisotopic (exact) mass is 277 g/mol. The van der Waals surface area contributed by atoms with E-state index in [1.54, 1.807) is 7.11 Å². The molecule has 1 aliphatic carbocycles. The van der Waals surface area contributed by atoms with Gasteiger partial charge in [0, 0.05) is 26.2 Å². The first-order valence-electron chi connectivity index (χ1n) is 7.60. The smallest absolute Gasteiger partial charge is 0.0919 e. The lowest BCUT2D eigenvalue weighted by Crippen LogP contribution is -2.40. The summed E-state index contributed by atoms with van der Waals surface area (Å²) in [5.74, 6) is 0.802. The van der Waals surface area contributed by atoms with E-state index in [0.717, 1.165) is 30.2 Å². The Labute approximate surface area is 122 Å². The van der Waals surface area contributed by atoms with E-state index in [2.05, 4.69) is 24.8 Å². The van der Waals surface area contributed by atoms with Gasteiger partial charge >= 0.3 is 0 Å². The third kappa shape index (κ3) is 4.05. The molecule has 3 heteroatoms. The first-order valence-corrected chi connectivity index (χ1v) is 7.60. The Morgan fingerprint density at radius 2 is 2.05 bits per heavy atom. The highest BCUT2D eigenvalue weighted by atomic mass is 16.5. The quantitative estimate of drug-likeness (QED) is 0.793. The molecule has 2 rings (SSSR count). The minimum Gasteiger partial charge on any atom is -0.387 e. The normalized spacial score (nSPS) is 18.2. The van der Waals surface area contributed by atoms with Crippen LogP contribution in [0.15, 0.2) is 24.3 Å². The summed E-state index contributed by atoms with van der Waals surface area (Å²) in [6.45, 7) is 6.63. The van der Waals surface area contributed by atoms with Crippen LogP contribution < -0.4 is 0 Å². The van der Waals surface area contributed by atoms with Crippen molar-refractivity contribution >= 4 is 0 Å². The van der Waals surface area contributed by atoms with E-state index in [9.17, 15) is 5.11 Å². The number of rotatable bonds is 8. The van der Waals surface area contributed by atoms with Crippen LogP contribution in [0.1, 0.15) is 37.0 Å². The Kier molecular flexibility index (Phi) is 5.58. The Morgan fingerprint density at radius 1 is 1.35 bits per heavy atom. The number of methoxy groups -OCH3 is 1. The van der Waals surface area contributed by atoms with Gasteiger partial charge < -0.3 is 9.84 Å². The summed E-state index contributed by atoms with van der Waals surface area (Å²) < 4.78 is 5.21. The summed E-state index contributed by atoms with van der Waals surface area (Å²) in [5.41, 5.74) is 2.20. The molecule has 1 aromatic carbocycles. The molecule has 0 spiro atoms. The van der Waals surface area contributed by atoms with Crippen LogP contribution in [-0.2, 0) is 4.74 Å². The van der Waals surface area contributed by atoms with Crippen molar-refractivity contribution in [2.75, 3.05) is 26.8 Å². The van der Waals surface area contributed by atoms with E-state index in [1.807, 2.05) is 18.2 Å². The zero-order valence-corrected chi connectivity index (χ0v) is 12.9. The van der Waals surface area contributed by atoms with Crippen molar-refractivity contribution in [3.63, 3.8) is 0 Å². The van der Waals surface area contributed by atoms with Gasteiger partial charge in [0.15, 0.2) is 0 Å². The zero-order chi connectivity index (χ0) is 14.5. The van der Waals surface area contributed by atoms with E-state index in [1.165, 1.54) is 12.8 Å². The summed E-state index contributed by atoms with van der Waals surface area (Å²) >= 11 is 0. The Bertz CT molecular complexity index is 417. The maximum absolute atomic E-state index is 10.5. The van der Waals surface area contributed by atoms with Crippen molar-refractivity contribution in [2.45, 2.75) is 38.8 Å². The number of aliphatic hydroxyl groups excluding tert-OH is 1. The minimum absolute atomic E-state index is 0.422. The molecule has 1 aliphatic rings. The second-order valence-corrected chi connectivity index (χ2v) is 5.94. The molecule has 0 heterocycles. The number of benzene rings is 1. The van der Waals surface area contributed by atoms with Crippen LogP contribution in [0.5, 0.6) is 0 Å². The second kappa shape index (κ2) is 7.21. The van der Waals surface area contributed by atoms with Crippen molar-refractivity contribution in [3.8, 4) is 0 Å². The van der Waals surface area contributed by atoms with E-state index in [4.69, 9.17) is 4.74 Å². The average molecular weight is 277 g/mol.